The largest absolute Gasteiger partial charge is 0.494 e. The normalized spacial score (nSPS) is 17.9. The Labute approximate surface area is 225 Å². The fourth-order valence-corrected chi connectivity index (χ4v) is 5.63. The van der Waals surface area contributed by atoms with E-state index in [0.717, 1.165) is 64.4 Å². The van der Waals surface area contributed by atoms with Gasteiger partial charge in [0.25, 0.3) is 0 Å². The molecule has 0 aliphatic carbocycles. The summed E-state index contributed by atoms with van der Waals surface area (Å²) in [6, 6.07) is 10.4. The predicted molar refractivity (Wildman–Crippen MR) is 141 cm³/mol. The lowest BCUT2D eigenvalue weighted by atomic mass is 9.94. The number of ether oxygens (including phenoxy) is 2. The number of halogens is 3. The van der Waals surface area contributed by atoms with Gasteiger partial charge in [-0.05, 0) is 63.2 Å². The van der Waals surface area contributed by atoms with Crippen LogP contribution in [0.25, 0.3) is 22.2 Å². The zero-order chi connectivity index (χ0) is 27.6. The van der Waals surface area contributed by atoms with E-state index in [-0.39, 0.29) is 23.4 Å². The van der Waals surface area contributed by atoms with Crippen LogP contribution in [-0.4, -0.2) is 77.9 Å². The number of hydrogen-bond acceptors (Lipinski definition) is 6. The van der Waals surface area contributed by atoms with Crippen molar-refractivity contribution in [3.05, 3.63) is 59.2 Å². The molecule has 0 amide bonds. The van der Waals surface area contributed by atoms with Crippen molar-refractivity contribution in [1.82, 2.24) is 14.8 Å². The fraction of sp³-hybridized carbons (Fsp3) is 0.448. The molecule has 0 atom stereocenters. The van der Waals surface area contributed by atoms with Crippen molar-refractivity contribution in [3.63, 3.8) is 0 Å². The molecule has 0 spiro atoms. The summed E-state index contributed by atoms with van der Waals surface area (Å²) in [5, 5.41) is 10.8. The molecule has 0 bridgehead atoms. The maximum Gasteiger partial charge on any atom is 0.416 e. The van der Waals surface area contributed by atoms with Gasteiger partial charge < -0.3 is 14.6 Å². The molecule has 0 unspecified atom stereocenters. The molecule has 2 aromatic carbocycles. The first-order valence-corrected chi connectivity index (χ1v) is 13.3. The summed E-state index contributed by atoms with van der Waals surface area (Å²) in [5.41, 5.74) is 0.532. The molecular weight excluding hydrogens is 511 g/mol. The summed E-state index contributed by atoms with van der Waals surface area (Å²) in [4.78, 5) is 22.1. The SMILES string of the molecule is CCOc1ccc2nc(-c3cccc(C(F)(F)F)c3)c(CN3CCC(N4CCOCC4)CC3)c(C(=O)O)c2c1. The fourth-order valence-electron chi connectivity index (χ4n) is 5.63. The molecule has 2 aliphatic heterocycles. The number of rotatable bonds is 7. The van der Waals surface area contributed by atoms with E-state index in [1.165, 1.54) is 6.07 Å². The topological polar surface area (TPSA) is 75.1 Å². The van der Waals surface area contributed by atoms with E-state index >= 15 is 0 Å². The summed E-state index contributed by atoms with van der Waals surface area (Å²) in [5.74, 6) is -0.638. The molecular formula is C29H32F3N3O4. The Bertz CT molecular complexity index is 1330. The highest BCUT2D eigenvalue weighted by atomic mass is 19.4. The number of aromatic carboxylic acids is 1. The van der Waals surface area contributed by atoms with Crippen LogP contribution in [0.5, 0.6) is 5.75 Å². The van der Waals surface area contributed by atoms with Gasteiger partial charge in [0.2, 0.25) is 0 Å². The van der Waals surface area contributed by atoms with Crippen LogP contribution in [0.1, 0.15) is 41.3 Å². The summed E-state index contributed by atoms with van der Waals surface area (Å²) in [6.07, 6.45) is -2.68. The van der Waals surface area contributed by atoms with Gasteiger partial charge in [0.05, 0.1) is 42.2 Å². The third-order valence-electron chi connectivity index (χ3n) is 7.55. The van der Waals surface area contributed by atoms with Gasteiger partial charge >= 0.3 is 12.1 Å². The van der Waals surface area contributed by atoms with E-state index in [0.29, 0.717) is 34.9 Å². The van der Waals surface area contributed by atoms with Crippen molar-refractivity contribution in [2.45, 2.75) is 38.5 Å². The van der Waals surface area contributed by atoms with Gasteiger partial charge in [0.1, 0.15) is 5.75 Å². The number of morpholine rings is 1. The zero-order valence-electron chi connectivity index (χ0n) is 21.8. The van der Waals surface area contributed by atoms with Crippen LogP contribution in [0, 0.1) is 0 Å². The van der Waals surface area contributed by atoms with E-state index < -0.39 is 17.7 Å². The Kier molecular flexibility index (Phi) is 8.06. The van der Waals surface area contributed by atoms with Crippen molar-refractivity contribution >= 4 is 16.9 Å². The van der Waals surface area contributed by atoms with Gasteiger partial charge in [-0.2, -0.15) is 13.2 Å². The Morgan fingerprint density at radius 3 is 2.51 bits per heavy atom. The standard InChI is InChI=1S/C29H32F3N3O4/c1-2-39-22-6-7-25-23(17-22)26(28(36)37)24(27(33-25)19-4-3-5-20(16-19)29(30,31)32)18-34-10-8-21(9-11-34)35-12-14-38-15-13-35/h3-7,16-17,21H,2,8-15,18H2,1H3,(H,36,37). The maximum absolute atomic E-state index is 13.6. The molecule has 10 heteroatoms. The van der Waals surface area contributed by atoms with Gasteiger partial charge in [0, 0.05) is 42.2 Å². The highest BCUT2D eigenvalue weighted by Gasteiger charge is 2.32. The number of alkyl halides is 3. The number of piperidine rings is 1. The summed E-state index contributed by atoms with van der Waals surface area (Å²) >= 11 is 0. The quantitative estimate of drug-likeness (QED) is 0.433. The molecule has 2 saturated heterocycles. The smallest absolute Gasteiger partial charge is 0.416 e. The molecule has 2 aliphatic rings. The number of aromatic nitrogens is 1. The molecule has 3 aromatic rings. The van der Waals surface area contributed by atoms with Gasteiger partial charge in [-0.3, -0.25) is 9.80 Å². The number of likely N-dealkylation sites (tertiary alicyclic amines) is 1. The van der Waals surface area contributed by atoms with E-state index in [2.05, 4.69) is 9.80 Å². The Hall–Kier alpha value is -3.21. The van der Waals surface area contributed by atoms with E-state index in [4.69, 9.17) is 14.5 Å². The van der Waals surface area contributed by atoms with E-state index in [9.17, 15) is 23.1 Å². The van der Waals surface area contributed by atoms with Crippen molar-refractivity contribution in [2.75, 3.05) is 46.0 Å². The summed E-state index contributed by atoms with van der Waals surface area (Å²) < 4.78 is 51.8. The number of pyridine rings is 1. The molecule has 0 radical (unpaired) electrons. The third-order valence-corrected chi connectivity index (χ3v) is 7.55. The molecule has 7 nitrogen and oxygen atoms in total. The van der Waals surface area contributed by atoms with Crippen molar-refractivity contribution in [3.8, 4) is 17.0 Å². The van der Waals surface area contributed by atoms with Gasteiger partial charge in [-0.25, -0.2) is 9.78 Å². The van der Waals surface area contributed by atoms with E-state index in [1.54, 1.807) is 24.3 Å². The van der Waals surface area contributed by atoms with Gasteiger partial charge in [0.15, 0.2) is 0 Å². The summed E-state index contributed by atoms with van der Waals surface area (Å²) in [6.45, 7) is 7.29. The molecule has 0 saturated carbocycles. The average Bonchev–Trinajstić information content (AvgIpc) is 2.93. The number of carbonyl (C=O) groups is 1. The lowest BCUT2D eigenvalue weighted by Gasteiger charge is -2.40. The Morgan fingerprint density at radius 1 is 1.10 bits per heavy atom. The van der Waals surface area contributed by atoms with Crippen molar-refractivity contribution in [1.29, 1.82) is 0 Å². The van der Waals surface area contributed by atoms with Gasteiger partial charge in [-0.15, -0.1) is 0 Å². The minimum atomic E-state index is -4.53. The molecule has 208 valence electrons. The Balaban J connectivity index is 1.56. The second-order valence-corrected chi connectivity index (χ2v) is 9.97. The monoisotopic (exact) mass is 543 g/mol. The molecule has 2 fully saturated rings. The van der Waals surface area contributed by atoms with Crippen LogP contribution in [0.2, 0.25) is 0 Å². The first-order valence-electron chi connectivity index (χ1n) is 13.3. The molecule has 3 heterocycles. The number of fused-ring (bicyclic) bond motifs is 1. The number of hydrogen-bond donors (Lipinski definition) is 1. The van der Waals surface area contributed by atoms with Crippen LogP contribution < -0.4 is 4.74 Å². The van der Waals surface area contributed by atoms with Crippen LogP contribution >= 0.6 is 0 Å². The van der Waals surface area contributed by atoms with E-state index in [1.807, 2.05) is 6.92 Å². The van der Waals surface area contributed by atoms with Crippen LogP contribution in [-0.2, 0) is 17.5 Å². The number of nitrogens with zero attached hydrogens (tertiary/aromatic N) is 3. The number of carboxylic acid groups (broad SMARTS) is 1. The molecule has 1 N–H and O–H groups in total. The highest BCUT2D eigenvalue weighted by molar-refractivity contribution is 6.06. The minimum Gasteiger partial charge on any atom is -0.494 e. The molecule has 39 heavy (non-hydrogen) atoms. The minimum absolute atomic E-state index is 0.0456. The first-order chi connectivity index (χ1) is 18.7. The average molecular weight is 544 g/mol. The highest BCUT2D eigenvalue weighted by Crippen LogP contribution is 2.37. The second kappa shape index (κ2) is 11.5. The van der Waals surface area contributed by atoms with Crippen molar-refractivity contribution in [2.24, 2.45) is 0 Å². The molecule has 1 aromatic heterocycles. The van der Waals surface area contributed by atoms with Crippen LogP contribution in [0.4, 0.5) is 13.2 Å². The van der Waals surface area contributed by atoms with Crippen LogP contribution in [0.3, 0.4) is 0 Å². The second-order valence-electron chi connectivity index (χ2n) is 9.97. The summed E-state index contributed by atoms with van der Waals surface area (Å²) in [7, 11) is 0. The Morgan fingerprint density at radius 2 is 1.85 bits per heavy atom. The van der Waals surface area contributed by atoms with Crippen LogP contribution in [0.15, 0.2) is 42.5 Å². The number of benzene rings is 2. The predicted octanol–water partition coefficient (Wildman–Crippen LogP) is 5.31. The first kappa shape index (κ1) is 27.4. The maximum atomic E-state index is 13.6. The number of carboxylic acids is 1. The lowest BCUT2D eigenvalue weighted by molar-refractivity contribution is -0.137. The van der Waals surface area contributed by atoms with Gasteiger partial charge in [-0.1, -0.05) is 12.1 Å². The lowest BCUT2D eigenvalue weighted by Crippen LogP contribution is -2.48. The zero-order valence-corrected chi connectivity index (χ0v) is 21.8. The molecule has 5 rings (SSSR count). The van der Waals surface area contributed by atoms with Crippen molar-refractivity contribution < 1.29 is 32.5 Å². The third kappa shape index (κ3) is 6.03.